The molecule has 0 spiro atoms. The molecule has 1 unspecified atom stereocenters. The predicted octanol–water partition coefficient (Wildman–Crippen LogP) is 3.50. The summed E-state index contributed by atoms with van der Waals surface area (Å²) < 4.78 is 15.9. The van der Waals surface area contributed by atoms with Crippen LogP contribution in [0.15, 0.2) is 35.1 Å². The number of aromatic nitrogens is 2. The SMILES string of the molecule is CCC(NC)c1cnn(Cc2cc(F)cc(Br)c2)c1. The molecule has 1 atom stereocenters. The molecule has 0 aliphatic carbocycles. The molecule has 0 amide bonds. The molecule has 1 N–H and O–H groups in total. The van der Waals surface area contributed by atoms with E-state index >= 15 is 0 Å². The Morgan fingerprint density at radius 2 is 2.21 bits per heavy atom. The fourth-order valence-electron chi connectivity index (χ4n) is 2.14. The minimum absolute atomic E-state index is 0.238. The topological polar surface area (TPSA) is 29.9 Å². The van der Waals surface area contributed by atoms with Gasteiger partial charge in [-0.3, -0.25) is 4.68 Å². The second kappa shape index (κ2) is 6.30. The monoisotopic (exact) mass is 325 g/mol. The highest BCUT2D eigenvalue weighted by atomic mass is 79.9. The average molecular weight is 326 g/mol. The quantitative estimate of drug-likeness (QED) is 0.911. The molecule has 102 valence electrons. The molecular weight excluding hydrogens is 309 g/mol. The Morgan fingerprint density at radius 1 is 1.42 bits per heavy atom. The molecule has 5 heteroatoms. The number of benzene rings is 1. The van der Waals surface area contributed by atoms with E-state index in [1.165, 1.54) is 12.1 Å². The normalized spacial score (nSPS) is 12.6. The smallest absolute Gasteiger partial charge is 0.124 e. The lowest BCUT2D eigenvalue weighted by molar-refractivity contribution is 0.575. The molecule has 2 rings (SSSR count). The molecule has 2 aromatic rings. The van der Waals surface area contributed by atoms with Crippen molar-refractivity contribution in [2.24, 2.45) is 0 Å². The van der Waals surface area contributed by atoms with Crippen molar-refractivity contribution in [3.05, 3.63) is 52.0 Å². The van der Waals surface area contributed by atoms with Gasteiger partial charge in [0, 0.05) is 22.3 Å². The lowest BCUT2D eigenvalue weighted by atomic mass is 10.1. The number of nitrogens with one attached hydrogen (secondary N) is 1. The van der Waals surface area contributed by atoms with Crippen LogP contribution in [-0.2, 0) is 6.54 Å². The number of hydrogen-bond acceptors (Lipinski definition) is 2. The Hall–Kier alpha value is -1.20. The highest BCUT2D eigenvalue weighted by Crippen LogP contribution is 2.18. The van der Waals surface area contributed by atoms with Crippen LogP contribution in [0, 0.1) is 5.82 Å². The van der Waals surface area contributed by atoms with Crippen LogP contribution in [0.4, 0.5) is 4.39 Å². The molecule has 0 radical (unpaired) electrons. The summed E-state index contributed by atoms with van der Waals surface area (Å²) in [5.41, 5.74) is 2.04. The van der Waals surface area contributed by atoms with E-state index in [1.54, 1.807) is 0 Å². The summed E-state index contributed by atoms with van der Waals surface area (Å²) in [7, 11) is 1.94. The molecule has 1 heterocycles. The van der Waals surface area contributed by atoms with Gasteiger partial charge >= 0.3 is 0 Å². The first-order valence-corrected chi connectivity index (χ1v) is 7.06. The molecule has 0 bridgehead atoms. The zero-order chi connectivity index (χ0) is 13.8. The van der Waals surface area contributed by atoms with Crippen molar-refractivity contribution in [1.82, 2.24) is 15.1 Å². The van der Waals surface area contributed by atoms with Crippen LogP contribution in [0.1, 0.15) is 30.5 Å². The first-order valence-electron chi connectivity index (χ1n) is 6.27. The average Bonchev–Trinajstić information content (AvgIpc) is 2.78. The van der Waals surface area contributed by atoms with Gasteiger partial charge in [-0.25, -0.2) is 4.39 Å². The molecule has 0 fully saturated rings. The Balaban J connectivity index is 2.15. The van der Waals surface area contributed by atoms with Crippen LogP contribution in [0.3, 0.4) is 0 Å². The van der Waals surface area contributed by atoms with Crippen LogP contribution in [0.2, 0.25) is 0 Å². The van der Waals surface area contributed by atoms with Gasteiger partial charge in [0.05, 0.1) is 12.7 Å². The second-order valence-corrected chi connectivity index (χ2v) is 5.41. The van der Waals surface area contributed by atoms with Crippen molar-refractivity contribution in [3.8, 4) is 0 Å². The third-order valence-electron chi connectivity index (χ3n) is 3.08. The van der Waals surface area contributed by atoms with Gasteiger partial charge in [0.25, 0.3) is 0 Å². The summed E-state index contributed by atoms with van der Waals surface area (Å²) in [6.45, 7) is 2.69. The summed E-state index contributed by atoms with van der Waals surface area (Å²) in [5.74, 6) is -0.238. The van der Waals surface area contributed by atoms with Gasteiger partial charge in [0.2, 0.25) is 0 Å². The van der Waals surface area contributed by atoms with E-state index < -0.39 is 0 Å². The van der Waals surface area contributed by atoms with Crippen LogP contribution < -0.4 is 5.32 Å². The van der Waals surface area contributed by atoms with E-state index in [2.05, 4.69) is 33.3 Å². The maximum absolute atomic E-state index is 13.3. The zero-order valence-electron chi connectivity index (χ0n) is 11.0. The van der Waals surface area contributed by atoms with Crippen molar-refractivity contribution in [1.29, 1.82) is 0 Å². The second-order valence-electron chi connectivity index (χ2n) is 4.50. The van der Waals surface area contributed by atoms with Gasteiger partial charge in [-0.05, 0) is 37.2 Å². The summed E-state index contributed by atoms with van der Waals surface area (Å²) in [4.78, 5) is 0. The lowest BCUT2D eigenvalue weighted by Crippen LogP contribution is -2.14. The van der Waals surface area contributed by atoms with Crippen LogP contribution >= 0.6 is 15.9 Å². The molecule has 19 heavy (non-hydrogen) atoms. The molecule has 0 aliphatic rings. The minimum Gasteiger partial charge on any atom is -0.313 e. The van der Waals surface area contributed by atoms with Crippen LogP contribution in [0.25, 0.3) is 0 Å². The van der Waals surface area contributed by atoms with E-state index in [0.29, 0.717) is 12.6 Å². The first kappa shape index (κ1) is 14.2. The van der Waals surface area contributed by atoms with Crippen molar-refractivity contribution in [2.45, 2.75) is 25.9 Å². The van der Waals surface area contributed by atoms with E-state index in [9.17, 15) is 4.39 Å². The lowest BCUT2D eigenvalue weighted by Gasteiger charge is -2.10. The maximum Gasteiger partial charge on any atom is 0.124 e. The Kier molecular flexibility index (Phi) is 4.71. The Labute approximate surface area is 121 Å². The largest absolute Gasteiger partial charge is 0.313 e. The van der Waals surface area contributed by atoms with Gasteiger partial charge < -0.3 is 5.32 Å². The van der Waals surface area contributed by atoms with Crippen LogP contribution in [0.5, 0.6) is 0 Å². The Bertz CT molecular complexity index is 529. The number of nitrogens with zero attached hydrogens (tertiary/aromatic N) is 2. The van der Waals surface area contributed by atoms with Crippen molar-refractivity contribution in [3.63, 3.8) is 0 Å². The van der Waals surface area contributed by atoms with Gasteiger partial charge in [0.1, 0.15) is 5.82 Å². The van der Waals surface area contributed by atoms with Gasteiger partial charge in [-0.15, -0.1) is 0 Å². The van der Waals surface area contributed by atoms with E-state index in [1.807, 2.05) is 30.2 Å². The van der Waals surface area contributed by atoms with Crippen molar-refractivity contribution in [2.75, 3.05) is 7.05 Å². The molecular formula is C14H17BrFN3. The molecule has 1 aromatic heterocycles. The van der Waals surface area contributed by atoms with Crippen molar-refractivity contribution >= 4 is 15.9 Å². The van der Waals surface area contributed by atoms with Gasteiger partial charge in [-0.1, -0.05) is 22.9 Å². The molecule has 1 aromatic carbocycles. The Morgan fingerprint density at radius 3 is 2.84 bits per heavy atom. The van der Waals surface area contributed by atoms with E-state index in [0.717, 1.165) is 22.0 Å². The molecule has 3 nitrogen and oxygen atoms in total. The molecule has 0 saturated carbocycles. The summed E-state index contributed by atoms with van der Waals surface area (Å²) >= 11 is 3.30. The fraction of sp³-hybridized carbons (Fsp3) is 0.357. The molecule has 0 aliphatic heterocycles. The first-order chi connectivity index (χ1) is 9.12. The highest BCUT2D eigenvalue weighted by Gasteiger charge is 2.09. The van der Waals surface area contributed by atoms with Crippen LogP contribution in [-0.4, -0.2) is 16.8 Å². The van der Waals surface area contributed by atoms with Gasteiger partial charge in [-0.2, -0.15) is 5.10 Å². The summed E-state index contributed by atoms with van der Waals surface area (Å²) in [6, 6.07) is 5.20. The third-order valence-corrected chi connectivity index (χ3v) is 3.54. The van der Waals surface area contributed by atoms with E-state index in [-0.39, 0.29) is 5.82 Å². The third kappa shape index (κ3) is 3.64. The predicted molar refractivity (Wildman–Crippen MR) is 77.5 cm³/mol. The molecule has 0 saturated heterocycles. The fourth-order valence-corrected chi connectivity index (χ4v) is 2.65. The van der Waals surface area contributed by atoms with E-state index in [4.69, 9.17) is 0 Å². The maximum atomic E-state index is 13.3. The number of rotatable bonds is 5. The standard InChI is InChI=1S/C14H17BrFN3/c1-3-14(17-2)11-7-18-19(9-11)8-10-4-12(15)6-13(16)5-10/h4-7,9,14,17H,3,8H2,1-2H3. The van der Waals surface area contributed by atoms with Gasteiger partial charge in [0.15, 0.2) is 0 Å². The summed E-state index contributed by atoms with van der Waals surface area (Å²) in [6.07, 6.45) is 4.87. The summed E-state index contributed by atoms with van der Waals surface area (Å²) in [5, 5.41) is 7.57. The minimum atomic E-state index is -0.238. The number of halogens is 2. The van der Waals surface area contributed by atoms with Crippen molar-refractivity contribution < 1.29 is 4.39 Å². The number of hydrogen-bond donors (Lipinski definition) is 1. The highest BCUT2D eigenvalue weighted by molar-refractivity contribution is 9.10. The zero-order valence-corrected chi connectivity index (χ0v) is 12.6.